The molecule has 232 valence electrons. The maximum atomic E-state index is 8.76. The molecule has 1 N–H and O–H groups in total. The highest BCUT2D eigenvalue weighted by molar-refractivity contribution is 4.86. The van der Waals surface area contributed by atoms with Crippen molar-refractivity contribution in [3.05, 3.63) is 0 Å². The Balaban J connectivity index is 1.27. The van der Waals surface area contributed by atoms with E-state index in [4.69, 9.17) is 28.8 Å². The maximum absolute atomic E-state index is 8.76. The Labute approximate surface area is 240 Å². The lowest BCUT2D eigenvalue weighted by Crippen LogP contribution is -2.56. The van der Waals surface area contributed by atoms with Crippen LogP contribution in [-0.4, -0.2) is 125 Å². The highest BCUT2D eigenvalue weighted by Gasteiger charge is 2.32. The molecule has 0 aromatic heterocycles. The van der Waals surface area contributed by atoms with Gasteiger partial charge in [0.1, 0.15) is 0 Å². The van der Waals surface area contributed by atoms with Gasteiger partial charge in [0.05, 0.1) is 17.8 Å². The van der Waals surface area contributed by atoms with E-state index < -0.39 is 0 Å². The number of aliphatic hydroxyl groups is 1. The number of nitrogens with zero attached hydrogens (tertiary/aromatic N) is 2. The molecular formula is C31H62N2O6. The van der Waals surface area contributed by atoms with Gasteiger partial charge in [-0.05, 0) is 97.4 Å². The Morgan fingerprint density at radius 2 is 1.13 bits per heavy atom. The van der Waals surface area contributed by atoms with Crippen molar-refractivity contribution in [2.24, 2.45) is 0 Å². The summed E-state index contributed by atoms with van der Waals surface area (Å²) in [6.07, 6.45) is 14.3. The summed E-state index contributed by atoms with van der Waals surface area (Å²) in [6, 6.07) is 0. The molecule has 2 saturated heterocycles. The second-order valence-electron chi connectivity index (χ2n) is 12.1. The molecule has 2 rings (SSSR count). The first-order chi connectivity index (χ1) is 19.0. The van der Waals surface area contributed by atoms with Gasteiger partial charge in [-0.15, -0.1) is 0 Å². The van der Waals surface area contributed by atoms with Gasteiger partial charge in [0.2, 0.25) is 0 Å². The quantitative estimate of drug-likeness (QED) is 0.141. The molecule has 0 saturated carbocycles. The summed E-state index contributed by atoms with van der Waals surface area (Å²) in [5.41, 5.74) is -0.111. The summed E-state index contributed by atoms with van der Waals surface area (Å²) in [7, 11) is 1.81. The number of likely N-dealkylation sites (tertiary alicyclic amines) is 2. The number of unbranched alkanes of at least 4 members (excludes halogenated alkanes) is 8. The molecule has 2 fully saturated rings. The van der Waals surface area contributed by atoms with Crippen LogP contribution < -0.4 is 0 Å². The van der Waals surface area contributed by atoms with Crippen molar-refractivity contribution in [3.63, 3.8) is 0 Å². The smallest absolute Gasteiger partial charge is 0.0828 e. The fourth-order valence-corrected chi connectivity index (χ4v) is 5.17. The lowest BCUT2D eigenvalue weighted by atomic mass is 10.0. The summed E-state index contributed by atoms with van der Waals surface area (Å²) in [5, 5.41) is 8.76. The summed E-state index contributed by atoms with van der Waals surface area (Å²) < 4.78 is 29.0. The van der Waals surface area contributed by atoms with Crippen LogP contribution in [0.1, 0.15) is 90.9 Å². The van der Waals surface area contributed by atoms with Gasteiger partial charge in [0, 0.05) is 86.1 Å². The van der Waals surface area contributed by atoms with E-state index in [0.29, 0.717) is 12.2 Å². The standard InChI is InChI=1S/C31H62N2O6/c1-31(2,28-33-26-30(27-33)38-22-14-6-12-20-37-19-11-5-9-17-34)39-23-15-7-13-21-36-18-10-4-8-16-32-24-29(25-32)35-3/h29-30,34H,4-28H2,1-3H3. The molecule has 0 unspecified atom stereocenters. The third-order valence-corrected chi connectivity index (χ3v) is 7.71. The third kappa shape index (κ3) is 18.0. The second-order valence-corrected chi connectivity index (χ2v) is 12.1. The molecular weight excluding hydrogens is 496 g/mol. The Hall–Kier alpha value is -0.320. The highest BCUT2D eigenvalue weighted by atomic mass is 16.5. The van der Waals surface area contributed by atoms with Crippen molar-refractivity contribution in [1.29, 1.82) is 0 Å². The minimum absolute atomic E-state index is 0.111. The van der Waals surface area contributed by atoms with Gasteiger partial charge in [-0.1, -0.05) is 0 Å². The van der Waals surface area contributed by atoms with Crippen molar-refractivity contribution in [2.45, 2.75) is 109 Å². The van der Waals surface area contributed by atoms with Crippen LogP contribution in [-0.2, 0) is 23.7 Å². The number of rotatable bonds is 28. The monoisotopic (exact) mass is 558 g/mol. The van der Waals surface area contributed by atoms with Crippen LogP contribution in [0.15, 0.2) is 0 Å². The molecule has 2 heterocycles. The van der Waals surface area contributed by atoms with E-state index in [2.05, 4.69) is 23.6 Å². The van der Waals surface area contributed by atoms with Crippen molar-refractivity contribution >= 4 is 0 Å². The molecule has 0 aliphatic carbocycles. The number of ether oxygens (including phenoxy) is 5. The largest absolute Gasteiger partial charge is 0.396 e. The van der Waals surface area contributed by atoms with Gasteiger partial charge >= 0.3 is 0 Å². The van der Waals surface area contributed by atoms with E-state index in [1.165, 1.54) is 32.2 Å². The fourth-order valence-electron chi connectivity index (χ4n) is 5.17. The SMILES string of the molecule is COC1CN(CCCCCOCCCCCOC(C)(C)CN2CC(OCCCCCOCCCCCO)C2)C1. The topological polar surface area (TPSA) is 72.9 Å². The molecule has 8 heteroatoms. The average molecular weight is 559 g/mol. The summed E-state index contributed by atoms with van der Waals surface area (Å²) in [4.78, 5) is 4.92. The number of hydrogen-bond donors (Lipinski definition) is 1. The Kier molecular flexibility index (Phi) is 19.9. The van der Waals surface area contributed by atoms with Crippen molar-refractivity contribution < 1.29 is 28.8 Å². The van der Waals surface area contributed by atoms with Gasteiger partial charge < -0.3 is 28.8 Å². The Bertz CT molecular complexity index is 555. The zero-order chi connectivity index (χ0) is 28.0. The van der Waals surface area contributed by atoms with Crippen molar-refractivity contribution in [3.8, 4) is 0 Å². The average Bonchev–Trinajstić information content (AvgIpc) is 2.87. The number of aliphatic hydroxyl groups excluding tert-OH is 1. The summed E-state index contributed by atoms with van der Waals surface area (Å²) in [6.45, 7) is 16.2. The van der Waals surface area contributed by atoms with Gasteiger partial charge in [-0.25, -0.2) is 0 Å². The molecule has 0 spiro atoms. The first-order valence-corrected chi connectivity index (χ1v) is 16.0. The first-order valence-electron chi connectivity index (χ1n) is 16.0. The van der Waals surface area contributed by atoms with Gasteiger partial charge in [0.25, 0.3) is 0 Å². The molecule has 2 aliphatic rings. The molecule has 0 bridgehead atoms. The van der Waals surface area contributed by atoms with Crippen molar-refractivity contribution in [2.75, 3.05) is 92.6 Å². The maximum Gasteiger partial charge on any atom is 0.0828 e. The van der Waals surface area contributed by atoms with Crippen LogP contribution in [0.4, 0.5) is 0 Å². The zero-order valence-corrected chi connectivity index (χ0v) is 25.7. The van der Waals surface area contributed by atoms with E-state index in [1.54, 1.807) is 7.11 Å². The van der Waals surface area contributed by atoms with Crippen LogP contribution in [0.2, 0.25) is 0 Å². The van der Waals surface area contributed by atoms with Gasteiger partial charge in [-0.3, -0.25) is 9.80 Å². The van der Waals surface area contributed by atoms with E-state index in [1.807, 2.05) is 0 Å². The molecule has 0 aromatic carbocycles. The van der Waals surface area contributed by atoms with E-state index >= 15 is 0 Å². The van der Waals surface area contributed by atoms with Crippen LogP contribution in [0, 0.1) is 0 Å². The van der Waals surface area contributed by atoms with E-state index in [0.717, 1.165) is 124 Å². The fraction of sp³-hybridized carbons (Fsp3) is 1.00. The predicted molar refractivity (Wildman–Crippen MR) is 158 cm³/mol. The number of hydrogen-bond acceptors (Lipinski definition) is 8. The van der Waals surface area contributed by atoms with Crippen LogP contribution in [0.5, 0.6) is 0 Å². The third-order valence-electron chi connectivity index (χ3n) is 7.71. The molecule has 0 radical (unpaired) electrons. The highest BCUT2D eigenvalue weighted by Crippen LogP contribution is 2.19. The van der Waals surface area contributed by atoms with E-state index in [9.17, 15) is 0 Å². The van der Waals surface area contributed by atoms with Crippen LogP contribution in [0.25, 0.3) is 0 Å². The van der Waals surface area contributed by atoms with Gasteiger partial charge in [-0.2, -0.15) is 0 Å². The van der Waals surface area contributed by atoms with Crippen LogP contribution in [0.3, 0.4) is 0 Å². The minimum atomic E-state index is -0.111. The normalized spacial score (nSPS) is 17.5. The van der Waals surface area contributed by atoms with Crippen molar-refractivity contribution in [1.82, 2.24) is 9.80 Å². The predicted octanol–water partition coefficient (Wildman–Crippen LogP) is 4.52. The lowest BCUT2D eigenvalue weighted by molar-refractivity contribution is -0.100. The Morgan fingerprint density at radius 1 is 0.615 bits per heavy atom. The Morgan fingerprint density at radius 3 is 1.72 bits per heavy atom. The minimum Gasteiger partial charge on any atom is -0.396 e. The molecule has 39 heavy (non-hydrogen) atoms. The summed E-state index contributed by atoms with van der Waals surface area (Å²) >= 11 is 0. The molecule has 0 aromatic rings. The zero-order valence-electron chi connectivity index (χ0n) is 25.7. The first kappa shape index (κ1) is 34.9. The molecule has 2 aliphatic heterocycles. The van der Waals surface area contributed by atoms with Crippen LogP contribution >= 0.6 is 0 Å². The van der Waals surface area contributed by atoms with Gasteiger partial charge in [0.15, 0.2) is 0 Å². The lowest BCUT2D eigenvalue weighted by Gasteiger charge is -2.43. The second kappa shape index (κ2) is 22.3. The van der Waals surface area contributed by atoms with E-state index in [-0.39, 0.29) is 12.2 Å². The number of methoxy groups -OCH3 is 1. The summed E-state index contributed by atoms with van der Waals surface area (Å²) in [5.74, 6) is 0. The molecule has 8 nitrogen and oxygen atoms in total. The molecule has 0 atom stereocenters. The molecule has 0 amide bonds.